The SMILES string of the molecule is Cl.Cl.O=[N+]([O-])c1cc2c(cc1OCCCN1CCN(c3ccc(F)cc3)CC1)CCC2. The molecule has 1 aliphatic carbocycles. The van der Waals surface area contributed by atoms with Gasteiger partial charge in [0.2, 0.25) is 0 Å². The highest BCUT2D eigenvalue weighted by Crippen LogP contribution is 2.34. The van der Waals surface area contributed by atoms with Crippen LogP contribution in [0, 0.1) is 15.9 Å². The van der Waals surface area contributed by atoms with Crippen LogP contribution in [-0.2, 0) is 12.8 Å². The number of nitro benzene ring substituents is 1. The largest absolute Gasteiger partial charge is 0.487 e. The van der Waals surface area contributed by atoms with Crippen LogP contribution in [0.5, 0.6) is 5.75 Å². The van der Waals surface area contributed by atoms with E-state index in [-0.39, 0.29) is 41.2 Å². The lowest BCUT2D eigenvalue weighted by molar-refractivity contribution is -0.385. The van der Waals surface area contributed by atoms with Crippen LogP contribution in [0.4, 0.5) is 15.8 Å². The Morgan fingerprint density at radius 3 is 2.29 bits per heavy atom. The highest BCUT2D eigenvalue weighted by atomic mass is 35.5. The first-order valence-electron chi connectivity index (χ1n) is 10.3. The fraction of sp³-hybridized carbons (Fsp3) is 0.455. The maximum Gasteiger partial charge on any atom is 0.311 e. The van der Waals surface area contributed by atoms with Gasteiger partial charge in [0.25, 0.3) is 0 Å². The summed E-state index contributed by atoms with van der Waals surface area (Å²) >= 11 is 0. The van der Waals surface area contributed by atoms with E-state index >= 15 is 0 Å². The average molecular weight is 472 g/mol. The lowest BCUT2D eigenvalue weighted by atomic mass is 10.1. The van der Waals surface area contributed by atoms with Crippen molar-refractivity contribution in [3.8, 4) is 5.75 Å². The fourth-order valence-electron chi connectivity index (χ4n) is 4.20. The Labute approximate surface area is 194 Å². The van der Waals surface area contributed by atoms with Crippen molar-refractivity contribution < 1.29 is 14.1 Å². The number of piperazine rings is 1. The maximum absolute atomic E-state index is 13.1. The van der Waals surface area contributed by atoms with E-state index in [0.29, 0.717) is 12.4 Å². The maximum atomic E-state index is 13.1. The first-order valence-corrected chi connectivity index (χ1v) is 10.3. The summed E-state index contributed by atoms with van der Waals surface area (Å²) in [5.41, 5.74) is 3.41. The molecular weight excluding hydrogens is 444 g/mol. The lowest BCUT2D eigenvalue weighted by Gasteiger charge is -2.36. The second-order valence-corrected chi connectivity index (χ2v) is 7.71. The van der Waals surface area contributed by atoms with Crippen molar-refractivity contribution in [2.45, 2.75) is 25.7 Å². The third-order valence-electron chi connectivity index (χ3n) is 5.81. The van der Waals surface area contributed by atoms with E-state index in [0.717, 1.165) is 69.7 Å². The van der Waals surface area contributed by atoms with Crippen LogP contribution in [0.15, 0.2) is 36.4 Å². The molecule has 0 amide bonds. The van der Waals surface area contributed by atoms with Gasteiger partial charge in [0.05, 0.1) is 11.5 Å². The quantitative estimate of drug-likeness (QED) is 0.334. The van der Waals surface area contributed by atoms with Crippen LogP contribution < -0.4 is 9.64 Å². The van der Waals surface area contributed by atoms with E-state index in [1.165, 1.54) is 17.7 Å². The van der Waals surface area contributed by atoms with Crippen molar-refractivity contribution in [2.24, 2.45) is 0 Å². The molecular formula is C22H28Cl2FN3O3. The Hall–Kier alpha value is -2.09. The molecule has 6 nitrogen and oxygen atoms in total. The Kier molecular flexibility index (Phi) is 9.34. The lowest BCUT2D eigenvalue weighted by Crippen LogP contribution is -2.46. The van der Waals surface area contributed by atoms with Crippen molar-refractivity contribution in [3.63, 3.8) is 0 Å². The number of nitrogens with zero attached hydrogens (tertiary/aromatic N) is 3. The van der Waals surface area contributed by atoms with Gasteiger partial charge in [-0.15, -0.1) is 24.8 Å². The van der Waals surface area contributed by atoms with Gasteiger partial charge in [-0.2, -0.15) is 0 Å². The van der Waals surface area contributed by atoms with Crippen LogP contribution in [-0.4, -0.2) is 49.2 Å². The van der Waals surface area contributed by atoms with E-state index in [1.807, 2.05) is 18.2 Å². The molecule has 2 aliphatic rings. The van der Waals surface area contributed by atoms with Gasteiger partial charge in [-0.3, -0.25) is 15.0 Å². The molecule has 1 fully saturated rings. The third-order valence-corrected chi connectivity index (χ3v) is 5.81. The highest BCUT2D eigenvalue weighted by molar-refractivity contribution is 5.85. The molecule has 170 valence electrons. The van der Waals surface area contributed by atoms with Crippen LogP contribution >= 0.6 is 24.8 Å². The number of anilines is 1. The molecule has 4 rings (SSSR count). The van der Waals surface area contributed by atoms with Gasteiger partial charge in [0.1, 0.15) is 5.82 Å². The van der Waals surface area contributed by atoms with Gasteiger partial charge >= 0.3 is 5.69 Å². The summed E-state index contributed by atoms with van der Waals surface area (Å²) in [7, 11) is 0. The summed E-state index contributed by atoms with van der Waals surface area (Å²) in [6.45, 7) is 5.06. The van der Waals surface area contributed by atoms with Crippen LogP contribution in [0.2, 0.25) is 0 Å². The van der Waals surface area contributed by atoms with Gasteiger partial charge in [-0.25, -0.2) is 4.39 Å². The molecule has 1 heterocycles. The van der Waals surface area contributed by atoms with Gasteiger partial charge in [-0.1, -0.05) is 0 Å². The normalized spacial score (nSPS) is 15.6. The first-order chi connectivity index (χ1) is 14.1. The van der Waals surface area contributed by atoms with Gasteiger partial charge in [0, 0.05) is 44.5 Å². The minimum Gasteiger partial charge on any atom is -0.487 e. The predicted molar refractivity (Wildman–Crippen MR) is 125 cm³/mol. The van der Waals surface area contributed by atoms with E-state index < -0.39 is 0 Å². The van der Waals surface area contributed by atoms with E-state index in [1.54, 1.807) is 6.07 Å². The zero-order chi connectivity index (χ0) is 20.2. The molecule has 2 aromatic rings. The number of ether oxygens (including phenoxy) is 1. The number of benzene rings is 2. The predicted octanol–water partition coefficient (Wildman–Crippen LogP) is 4.66. The average Bonchev–Trinajstić information content (AvgIpc) is 3.19. The number of hydrogen-bond acceptors (Lipinski definition) is 5. The zero-order valence-electron chi connectivity index (χ0n) is 17.3. The second-order valence-electron chi connectivity index (χ2n) is 7.71. The Balaban J connectivity index is 0.00000171. The van der Waals surface area contributed by atoms with Crippen molar-refractivity contribution in [1.29, 1.82) is 0 Å². The van der Waals surface area contributed by atoms with E-state index in [9.17, 15) is 14.5 Å². The molecule has 0 saturated carbocycles. The van der Waals surface area contributed by atoms with Crippen molar-refractivity contribution >= 4 is 36.2 Å². The first kappa shape index (κ1) is 25.2. The molecule has 0 aromatic heterocycles. The molecule has 0 spiro atoms. The molecule has 1 saturated heterocycles. The van der Waals surface area contributed by atoms with Crippen LogP contribution in [0.25, 0.3) is 0 Å². The highest BCUT2D eigenvalue weighted by Gasteiger charge is 2.22. The molecule has 0 bridgehead atoms. The summed E-state index contributed by atoms with van der Waals surface area (Å²) in [4.78, 5) is 15.7. The van der Waals surface area contributed by atoms with Crippen molar-refractivity contribution in [3.05, 3.63) is 63.5 Å². The molecule has 0 unspecified atom stereocenters. The summed E-state index contributed by atoms with van der Waals surface area (Å²) < 4.78 is 18.9. The van der Waals surface area contributed by atoms with Crippen LogP contribution in [0.1, 0.15) is 24.0 Å². The number of hydrogen-bond donors (Lipinski definition) is 0. The minimum atomic E-state index is -0.345. The number of aryl methyl sites for hydroxylation is 2. The summed E-state index contributed by atoms with van der Waals surface area (Å²) in [5.74, 6) is 0.188. The zero-order valence-corrected chi connectivity index (χ0v) is 18.9. The van der Waals surface area contributed by atoms with Crippen LogP contribution in [0.3, 0.4) is 0 Å². The molecule has 0 atom stereocenters. The number of rotatable bonds is 7. The smallest absolute Gasteiger partial charge is 0.311 e. The molecule has 31 heavy (non-hydrogen) atoms. The molecule has 2 aromatic carbocycles. The molecule has 0 radical (unpaired) electrons. The number of nitro groups is 1. The van der Waals surface area contributed by atoms with Gasteiger partial charge in [0.15, 0.2) is 5.75 Å². The monoisotopic (exact) mass is 471 g/mol. The Bertz CT molecular complexity index is 875. The van der Waals surface area contributed by atoms with Crippen molar-refractivity contribution in [2.75, 3.05) is 44.2 Å². The summed E-state index contributed by atoms with van der Waals surface area (Å²) in [5, 5.41) is 11.4. The standard InChI is InChI=1S/C22H26FN3O3.2ClH/c23-19-5-7-20(8-6-19)25-12-10-24(11-13-25)9-2-14-29-22-16-18-4-1-3-17(18)15-21(22)26(27)28;;/h5-8,15-16H,1-4,9-14H2;2*1H. The number of halogens is 3. The Morgan fingerprint density at radius 2 is 1.65 bits per heavy atom. The molecule has 1 aliphatic heterocycles. The summed E-state index contributed by atoms with van der Waals surface area (Å²) in [6.07, 6.45) is 3.77. The fourth-order valence-corrected chi connectivity index (χ4v) is 4.20. The Morgan fingerprint density at radius 1 is 1.00 bits per heavy atom. The minimum absolute atomic E-state index is 0. The third kappa shape index (κ3) is 6.21. The topological polar surface area (TPSA) is 58.9 Å². The van der Waals surface area contributed by atoms with Gasteiger partial charge < -0.3 is 9.64 Å². The molecule has 0 N–H and O–H groups in total. The van der Waals surface area contributed by atoms with E-state index in [2.05, 4.69) is 9.80 Å². The number of fused-ring (bicyclic) bond motifs is 1. The molecule has 9 heteroatoms. The summed E-state index contributed by atoms with van der Waals surface area (Å²) in [6, 6.07) is 10.2. The van der Waals surface area contributed by atoms with Gasteiger partial charge in [-0.05, 0) is 67.1 Å². The second kappa shape index (κ2) is 11.5. The van der Waals surface area contributed by atoms with E-state index in [4.69, 9.17) is 4.74 Å². The van der Waals surface area contributed by atoms with Crippen molar-refractivity contribution in [1.82, 2.24) is 4.90 Å².